The van der Waals surface area contributed by atoms with Gasteiger partial charge in [-0.05, 0) is 19.3 Å². The summed E-state index contributed by atoms with van der Waals surface area (Å²) in [7, 11) is 0. The molecule has 15 heavy (non-hydrogen) atoms. The van der Waals surface area contributed by atoms with E-state index in [9.17, 15) is 5.11 Å². The monoisotopic (exact) mass is 280 g/mol. The summed E-state index contributed by atoms with van der Waals surface area (Å²) in [5.74, 6) is 0. The molecule has 0 heterocycles. The van der Waals surface area contributed by atoms with Gasteiger partial charge in [0.25, 0.3) is 0 Å². The number of aliphatic hydroxyl groups excluding tert-OH is 1. The summed E-state index contributed by atoms with van der Waals surface area (Å²) in [4.78, 5) is 0. The lowest BCUT2D eigenvalue weighted by molar-refractivity contribution is -0.930. The van der Waals surface area contributed by atoms with Gasteiger partial charge in [0.1, 0.15) is 12.6 Å². The van der Waals surface area contributed by atoms with Crippen LogP contribution in [0.5, 0.6) is 0 Å². The third-order valence-electron chi connectivity index (χ3n) is 2.87. The fourth-order valence-corrected chi connectivity index (χ4v) is 2.73. The van der Waals surface area contributed by atoms with Crippen LogP contribution in [0.3, 0.4) is 0 Å². The number of rotatable bonds is 9. The first kappa shape index (κ1) is 15.4. The number of hydrogen-bond donors (Lipinski definition) is 1. The lowest BCUT2D eigenvalue weighted by Gasteiger charge is -2.39. The lowest BCUT2D eigenvalue weighted by Crippen LogP contribution is -2.54. The molecule has 0 rings (SSSR count). The zero-order valence-electron chi connectivity index (χ0n) is 10.5. The number of halogens is 1. The first-order valence-corrected chi connectivity index (χ1v) is 7.35. The van der Waals surface area contributed by atoms with Crippen LogP contribution in [0, 0.1) is 0 Å². The van der Waals surface area contributed by atoms with Crippen molar-refractivity contribution in [2.75, 3.05) is 31.5 Å². The molecule has 1 atom stereocenters. The van der Waals surface area contributed by atoms with Crippen LogP contribution in [-0.2, 0) is 0 Å². The van der Waals surface area contributed by atoms with Gasteiger partial charge in [-0.1, -0.05) is 36.7 Å². The maximum Gasteiger partial charge on any atom is 0.113 e. The maximum atomic E-state index is 9.81. The molecule has 0 aromatic rings. The van der Waals surface area contributed by atoms with Crippen molar-refractivity contribution in [1.29, 1.82) is 0 Å². The first-order chi connectivity index (χ1) is 7.14. The zero-order chi connectivity index (χ0) is 11.7. The van der Waals surface area contributed by atoms with E-state index in [0.29, 0.717) is 5.33 Å². The van der Waals surface area contributed by atoms with Crippen molar-refractivity contribution in [3.05, 3.63) is 0 Å². The highest BCUT2D eigenvalue weighted by Crippen LogP contribution is 2.13. The Balaban J connectivity index is 4.44. The molecule has 0 spiro atoms. The first-order valence-electron chi connectivity index (χ1n) is 6.23. The second kappa shape index (κ2) is 8.54. The molecule has 1 unspecified atom stereocenters. The lowest BCUT2D eigenvalue weighted by atomic mass is 10.2. The van der Waals surface area contributed by atoms with Crippen molar-refractivity contribution < 1.29 is 9.59 Å². The van der Waals surface area contributed by atoms with Crippen LogP contribution >= 0.6 is 15.9 Å². The van der Waals surface area contributed by atoms with Gasteiger partial charge in [0, 0.05) is 5.33 Å². The molecule has 0 radical (unpaired) electrons. The van der Waals surface area contributed by atoms with Crippen molar-refractivity contribution >= 4 is 15.9 Å². The molecule has 0 aromatic carbocycles. The van der Waals surface area contributed by atoms with E-state index in [1.807, 2.05) is 0 Å². The van der Waals surface area contributed by atoms with Gasteiger partial charge in [-0.25, -0.2) is 0 Å². The Kier molecular flexibility index (Phi) is 8.77. The molecule has 0 aliphatic heterocycles. The Labute approximate surface area is 103 Å². The van der Waals surface area contributed by atoms with Gasteiger partial charge in [-0.2, -0.15) is 0 Å². The molecule has 0 aromatic heterocycles. The Morgan fingerprint density at radius 3 is 1.67 bits per heavy atom. The normalized spacial score (nSPS) is 14.2. The topological polar surface area (TPSA) is 20.2 Å². The Hall–Kier alpha value is 0.400. The number of alkyl halides is 1. The summed E-state index contributed by atoms with van der Waals surface area (Å²) in [5, 5.41) is 10.5. The van der Waals surface area contributed by atoms with E-state index in [0.717, 1.165) is 11.0 Å². The van der Waals surface area contributed by atoms with E-state index in [1.165, 1.54) is 38.9 Å². The van der Waals surface area contributed by atoms with E-state index in [2.05, 4.69) is 36.7 Å². The van der Waals surface area contributed by atoms with Gasteiger partial charge in [-0.15, -0.1) is 0 Å². The number of nitrogens with zero attached hydrogens (tertiary/aromatic N) is 1. The van der Waals surface area contributed by atoms with E-state index < -0.39 is 0 Å². The molecule has 0 bridgehead atoms. The number of quaternary nitrogens is 1. The maximum absolute atomic E-state index is 9.81. The van der Waals surface area contributed by atoms with Gasteiger partial charge in [-0.3, -0.25) is 0 Å². The summed E-state index contributed by atoms with van der Waals surface area (Å²) in [6.07, 6.45) is 3.41. The number of hydrogen-bond acceptors (Lipinski definition) is 1. The SMILES string of the molecule is CCC[N+](CCC)(CCC)CC(O)CBr. The highest BCUT2D eigenvalue weighted by molar-refractivity contribution is 9.09. The van der Waals surface area contributed by atoms with Crippen molar-refractivity contribution in [1.82, 2.24) is 0 Å². The van der Waals surface area contributed by atoms with Crippen molar-refractivity contribution in [2.24, 2.45) is 0 Å². The predicted octanol–water partition coefficient (Wildman–Crippen LogP) is 2.79. The van der Waals surface area contributed by atoms with Crippen LogP contribution in [0.25, 0.3) is 0 Å². The molecule has 92 valence electrons. The zero-order valence-corrected chi connectivity index (χ0v) is 12.1. The average Bonchev–Trinajstić information content (AvgIpc) is 2.18. The molecular formula is C12H27BrNO+. The highest BCUT2D eigenvalue weighted by atomic mass is 79.9. The largest absolute Gasteiger partial charge is 0.386 e. The van der Waals surface area contributed by atoms with Crippen LogP contribution < -0.4 is 0 Å². The van der Waals surface area contributed by atoms with Crippen LogP contribution in [0.2, 0.25) is 0 Å². The van der Waals surface area contributed by atoms with Crippen LogP contribution in [-0.4, -0.2) is 47.2 Å². The second-order valence-electron chi connectivity index (χ2n) is 4.50. The molecule has 0 saturated heterocycles. The summed E-state index contributed by atoms with van der Waals surface area (Å²) in [6, 6.07) is 0. The Morgan fingerprint density at radius 1 is 1.00 bits per heavy atom. The van der Waals surface area contributed by atoms with Crippen LogP contribution in [0.4, 0.5) is 0 Å². The van der Waals surface area contributed by atoms with Gasteiger partial charge in [0.05, 0.1) is 19.6 Å². The van der Waals surface area contributed by atoms with E-state index >= 15 is 0 Å². The van der Waals surface area contributed by atoms with Crippen molar-refractivity contribution in [3.8, 4) is 0 Å². The quantitative estimate of drug-likeness (QED) is 0.509. The standard InChI is InChI=1S/C12H27BrNO/c1-4-7-14(8-5-2,9-6-3)11-12(15)10-13/h12,15H,4-11H2,1-3H3/q+1. The van der Waals surface area contributed by atoms with Gasteiger partial charge < -0.3 is 9.59 Å². The highest BCUT2D eigenvalue weighted by Gasteiger charge is 2.27. The second-order valence-corrected chi connectivity index (χ2v) is 5.15. The van der Waals surface area contributed by atoms with Crippen molar-refractivity contribution in [3.63, 3.8) is 0 Å². The molecule has 3 heteroatoms. The molecule has 0 aliphatic carbocycles. The fraction of sp³-hybridized carbons (Fsp3) is 1.00. The third-order valence-corrected chi connectivity index (χ3v) is 3.62. The molecule has 0 aliphatic rings. The molecule has 0 fully saturated rings. The molecular weight excluding hydrogens is 254 g/mol. The van der Waals surface area contributed by atoms with E-state index in [1.54, 1.807) is 0 Å². The molecule has 2 nitrogen and oxygen atoms in total. The minimum atomic E-state index is -0.199. The Bertz CT molecular complexity index is 136. The third kappa shape index (κ3) is 5.88. The average molecular weight is 281 g/mol. The summed E-state index contributed by atoms with van der Waals surface area (Å²) in [5.41, 5.74) is 0. The van der Waals surface area contributed by atoms with Gasteiger partial charge in [0.15, 0.2) is 0 Å². The van der Waals surface area contributed by atoms with Gasteiger partial charge >= 0.3 is 0 Å². The van der Waals surface area contributed by atoms with Gasteiger partial charge in [0.2, 0.25) is 0 Å². The minimum Gasteiger partial charge on any atom is -0.386 e. The van der Waals surface area contributed by atoms with E-state index in [4.69, 9.17) is 0 Å². The van der Waals surface area contributed by atoms with Crippen LogP contribution in [0.1, 0.15) is 40.0 Å². The number of aliphatic hydroxyl groups is 1. The molecule has 0 saturated carbocycles. The predicted molar refractivity (Wildman–Crippen MR) is 70.4 cm³/mol. The fourth-order valence-electron chi connectivity index (χ4n) is 2.53. The molecule has 0 amide bonds. The smallest absolute Gasteiger partial charge is 0.113 e. The van der Waals surface area contributed by atoms with Crippen molar-refractivity contribution in [2.45, 2.75) is 46.1 Å². The molecule has 1 N–H and O–H groups in total. The Morgan fingerprint density at radius 2 is 1.40 bits per heavy atom. The minimum absolute atomic E-state index is 0.199. The summed E-state index contributed by atoms with van der Waals surface area (Å²) in [6.45, 7) is 11.2. The van der Waals surface area contributed by atoms with E-state index in [-0.39, 0.29) is 6.10 Å². The summed E-state index contributed by atoms with van der Waals surface area (Å²) < 4.78 is 1.09. The van der Waals surface area contributed by atoms with Crippen LogP contribution in [0.15, 0.2) is 0 Å². The summed E-state index contributed by atoms with van der Waals surface area (Å²) >= 11 is 3.36.